The van der Waals surface area contributed by atoms with Crippen LogP contribution < -0.4 is 10.6 Å². The molecule has 2 amide bonds. The molecule has 0 saturated carbocycles. The van der Waals surface area contributed by atoms with Gasteiger partial charge in [0.15, 0.2) is 5.13 Å². The normalized spacial score (nSPS) is 11.0. The summed E-state index contributed by atoms with van der Waals surface area (Å²) in [7, 11) is 0. The number of hydrogen-bond acceptors (Lipinski definition) is 6. The number of rotatable bonds is 5. The molecule has 2 aromatic carbocycles. The van der Waals surface area contributed by atoms with Gasteiger partial charge in [0, 0.05) is 28.2 Å². The number of nitrogens with one attached hydrogen (secondary N) is 2. The second-order valence-corrected chi connectivity index (χ2v) is 9.05. The lowest BCUT2D eigenvalue weighted by molar-refractivity contribution is 0.102. The number of thiazole rings is 1. The van der Waals surface area contributed by atoms with Crippen molar-refractivity contribution in [3.8, 4) is 5.69 Å². The minimum Gasteiger partial charge on any atom is -0.321 e. The van der Waals surface area contributed by atoms with E-state index in [0.717, 1.165) is 21.6 Å². The zero-order valence-electron chi connectivity index (χ0n) is 17.2. The first kappa shape index (κ1) is 21.0. The highest BCUT2D eigenvalue weighted by Gasteiger charge is 2.18. The summed E-state index contributed by atoms with van der Waals surface area (Å²) >= 11 is 2.64. The van der Waals surface area contributed by atoms with Crippen molar-refractivity contribution in [2.24, 2.45) is 0 Å². The van der Waals surface area contributed by atoms with Gasteiger partial charge < -0.3 is 5.32 Å². The summed E-state index contributed by atoms with van der Waals surface area (Å²) in [5.41, 5.74) is 2.52. The molecule has 0 aliphatic carbocycles. The van der Waals surface area contributed by atoms with Crippen LogP contribution in [0.15, 0.2) is 66.2 Å². The molecular formula is C23H16FN5O2S2. The Bertz CT molecular complexity index is 1460. The van der Waals surface area contributed by atoms with Gasteiger partial charge in [-0.2, -0.15) is 5.10 Å². The fourth-order valence-corrected chi connectivity index (χ4v) is 4.87. The van der Waals surface area contributed by atoms with Gasteiger partial charge in [-0.25, -0.2) is 14.1 Å². The summed E-state index contributed by atoms with van der Waals surface area (Å²) in [6, 6.07) is 14.5. The van der Waals surface area contributed by atoms with E-state index in [9.17, 15) is 14.0 Å². The van der Waals surface area contributed by atoms with Gasteiger partial charge in [-0.05, 0) is 61.5 Å². The Kier molecular flexibility index (Phi) is 5.45. The van der Waals surface area contributed by atoms with Crippen molar-refractivity contribution in [1.82, 2.24) is 14.8 Å². The Hall–Kier alpha value is -3.89. The van der Waals surface area contributed by atoms with Gasteiger partial charge in [0.25, 0.3) is 11.8 Å². The van der Waals surface area contributed by atoms with Crippen molar-refractivity contribution >= 4 is 55.5 Å². The molecule has 0 saturated heterocycles. The van der Waals surface area contributed by atoms with Gasteiger partial charge >= 0.3 is 0 Å². The van der Waals surface area contributed by atoms with Gasteiger partial charge in [0.2, 0.25) is 0 Å². The third kappa shape index (κ3) is 4.26. The Morgan fingerprint density at radius 3 is 2.45 bits per heavy atom. The predicted molar refractivity (Wildman–Crippen MR) is 128 cm³/mol. The molecule has 0 aliphatic heterocycles. The molecule has 5 aromatic rings. The summed E-state index contributed by atoms with van der Waals surface area (Å²) in [5, 5.41) is 13.3. The highest BCUT2D eigenvalue weighted by molar-refractivity contribution is 7.20. The number of amides is 2. The number of aryl methyl sites for hydroxylation is 1. The Balaban J connectivity index is 1.33. The van der Waals surface area contributed by atoms with Crippen LogP contribution in [0.3, 0.4) is 0 Å². The standard InChI is InChI=1S/C23H16FN5O2S2/c1-13-18-12-19(33-22(18)29(28-13)17-8-4-15(24)5-9-17)21(31)26-16-6-2-14(3-7-16)20(30)27-23-25-10-11-32-23/h2-12H,1H3,(H,26,31)(H,25,27,30). The number of thiophene rings is 1. The zero-order valence-corrected chi connectivity index (χ0v) is 18.8. The number of carbonyl (C=O) groups excluding carboxylic acids is 2. The van der Waals surface area contributed by atoms with E-state index in [0.29, 0.717) is 21.3 Å². The number of halogens is 1. The van der Waals surface area contributed by atoms with Crippen LogP contribution in [0.5, 0.6) is 0 Å². The van der Waals surface area contributed by atoms with Crippen molar-refractivity contribution in [3.05, 3.63) is 88.1 Å². The van der Waals surface area contributed by atoms with Crippen LogP contribution >= 0.6 is 22.7 Å². The fourth-order valence-electron chi connectivity index (χ4n) is 3.27. The topological polar surface area (TPSA) is 88.9 Å². The van der Waals surface area contributed by atoms with E-state index < -0.39 is 0 Å². The largest absolute Gasteiger partial charge is 0.321 e. The van der Waals surface area contributed by atoms with E-state index in [1.807, 2.05) is 6.92 Å². The molecule has 0 atom stereocenters. The van der Waals surface area contributed by atoms with E-state index in [2.05, 4.69) is 20.7 Å². The number of nitrogens with zero attached hydrogens (tertiary/aromatic N) is 3. The highest BCUT2D eigenvalue weighted by atomic mass is 32.1. The van der Waals surface area contributed by atoms with Gasteiger partial charge in [0.05, 0.1) is 16.3 Å². The molecule has 164 valence electrons. The Morgan fingerprint density at radius 2 is 1.76 bits per heavy atom. The predicted octanol–water partition coefficient (Wildman–Crippen LogP) is 5.50. The molecule has 0 radical (unpaired) electrons. The van der Waals surface area contributed by atoms with E-state index in [1.54, 1.807) is 58.7 Å². The maximum Gasteiger partial charge on any atom is 0.265 e. The molecule has 0 unspecified atom stereocenters. The van der Waals surface area contributed by atoms with Crippen LogP contribution in [0.2, 0.25) is 0 Å². The zero-order chi connectivity index (χ0) is 22.9. The first-order chi connectivity index (χ1) is 16.0. The van der Waals surface area contributed by atoms with E-state index in [-0.39, 0.29) is 17.6 Å². The van der Waals surface area contributed by atoms with Crippen molar-refractivity contribution in [2.75, 3.05) is 10.6 Å². The van der Waals surface area contributed by atoms with Crippen molar-refractivity contribution in [3.63, 3.8) is 0 Å². The highest BCUT2D eigenvalue weighted by Crippen LogP contribution is 2.31. The molecule has 0 bridgehead atoms. The fraction of sp³-hybridized carbons (Fsp3) is 0.0435. The average Bonchev–Trinajstić information content (AvgIpc) is 3.54. The lowest BCUT2D eigenvalue weighted by Crippen LogP contribution is -2.13. The molecule has 0 spiro atoms. The van der Waals surface area contributed by atoms with Crippen LogP contribution in [0.4, 0.5) is 15.2 Å². The molecule has 7 nitrogen and oxygen atoms in total. The number of aromatic nitrogens is 3. The van der Waals surface area contributed by atoms with Gasteiger partial charge in [-0.1, -0.05) is 0 Å². The van der Waals surface area contributed by atoms with Gasteiger partial charge in [-0.3, -0.25) is 14.9 Å². The molecule has 2 N–H and O–H groups in total. The summed E-state index contributed by atoms with van der Waals surface area (Å²) in [6.07, 6.45) is 1.62. The average molecular weight is 478 g/mol. The van der Waals surface area contributed by atoms with Crippen LogP contribution in [-0.2, 0) is 0 Å². The van der Waals surface area contributed by atoms with Crippen molar-refractivity contribution in [2.45, 2.75) is 6.92 Å². The SMILES string of the molecule is Cc1nn(-c2ccc(F)cc2)c2sc(C(=O)Nc3ccc(C(=O)Nc4nccs4)cc3)cc12. The lowest BCUT2D eigenvalue weighted by atomic mass is 10.2. The van der Waals surface area contributed by atoms with Crippen LogP contribution in [0, 0.1) is 12.7 Å². The molecule has 33 heavy (non-hydrogen) atoms. The minimum atomic E-state index is -0.322. The van der Waals surface area contributed by atoms with Crippen LogP contribution in [0.1, 0.15) is 25.7 Å². The summed E-state index contributed by atoms with van der Waals surface area (Å²) < 4.78 is 15.0. The third-order valence-electron chi connectivity index (χ3n) is 4.90. The van der Waals surface area contributed by atoms with E-state index >= 15 is 0 Å². The summed E-state index contributed by atoms with van der Waals surface area (Å²) in [4.78, 5) is 30.5. The molecule has 10 heteroatoms. The molecule has 3 aromatic heterocycles. The monoisotopic (exact) mass is 477 g/mol. The molecule has 3 heterocycles. The molecule has 5 rings (SSSR count). The number of carbonyl (C=O) groups is 2. The number of fused-ring (bicyclic) bond motifs is 1. The maximum atomic E-state index is 13.3. The second kappa shape index (κ2) is 8.57. The Morgan fingerprint density at radius 1 is 1.00 bits per heavy atom. The van der Waals surface area contributed by atoms with E-state index in [1.165, 1.54) is 34.8 Å². The van der Waals surface area contributed by atoms with Crippen molar-refractivity contribution in [1.29, 1.82) is 0 Å². The molecule has 0 fully saturated rings. The number of hydrogen-bond donors (Lipinski definition) is 2. The molecular weight excluding hydrogens is 461 g/mol. The Labute approximate surface area is 195 Å². The first-order valence-electron chi connectivity index (χ1n) is 9.85. The first-order valence-corrected chi connectivity index (χ1v) is 11.5. The summed E-state index contributed by atoms with van der Waals surface area (Å²) in [6.45, 7) is 1.87. The van der Waals surface area contributed by atoms with Crippen LogP contribution in [0.25, 0.3) is 15.9 Å². The van der Waals surface area contributed by atoms with Crippen LogP contribution in [-0.4, -0.2) is 26.6 Å². The minimum absolute atomic E-state index is 0.263. The van der Waals surface area contributed by atoms with Crippen molar-refractivity contribution < 1.29 is 14.0 Å². The summed E-state index contributed by atoms with van der Waals surface area (Å²) in [5.74, 6) is -0.855. The quantitative estimate of drug-likeness (QED) is 0.350. The van der Waals surface area contributed by atoms with Gasteiger partial charge in [-0.15, -0.1) is 22.7 Å². The smallest absolute Gasteiger partial charge is 0.265 e. The second-order valence-electron chi connectivity index (χ2n) is 7.13. The number of anilines is 2. The lowest BCUT2D eigenvalue weighted by Gasteiger charge is -2.06. The molecule has 0 aliphatic rings. The van der Waals surface area contributed by atoms with E-state index in [4.69, 9.17) is 0 Å². The maximum absolute atomic E-state index is 13.3. The van der Waals surface area contributed by atoms with Gasteiger partial charge in [0.1, 0.15) is 10.6 Å². The number of benzene rings is 2. The third-order valence-corrected chi connectivity index (χ3v) is 6.70.